The van der Waals surface area contributed by atoms with Crippen molar-refractivity contribution in [3.05, 3.63) is 71.1 Å². The number of nitrogens with zero attached hydrogens (tertiary/aromatic N) is 4. The van der Waals surface area contributed by atoms with Crippen LogP contribution in [0.2, 0.25) is 5.02 Å². The number of hydrogen-bond donors (Lipinski definition) is 0. The Morgan fingerprint density at radius 1 is 0.967 bits per heavy atom. The number of aromatic nitrogens is 2. The van der Waals surface area contributed by atoms with Gasteiger partial charge in [0.1, 0.15) is 11.5 Å². The fourth-order valence-electron chi connectivity index (χ4n) is 3.49. The fraction of sp³-hybridized carbons (Fsp3) is 0.227. The lowest BCUT2D eigenvalue weighted by atomic mass is 10.1. The van der Waals surface area contributed by atoms with Crippen LogP contribution >= 0.6 is 11.6 Å². The second-order valence-electron chi connectivity index (χ2n) is 7.11. The number of carbonyl (C=O) groups is 2. The lowest BCUT2D eigenvalue weighted by molar-refractivity contribution is -0.130. The van der Waals surface area contributed by atoms with E-state index in [9.17, 15) is 14.0 Å². The van der Waals surface area contributed by atoms with E-state index >= 15 is 0 Å². The molecule has 3 aromatic rings. The first-order valence-electron chi connectivity index (χ1n) is 9.59. The Labute approximate surface area is 178 Å². The van der Waals surface area contributed by atoms with Crippen molar-refractivity contribution in [2.75, 3.05) is 26.2 Å². The van der Waals surface area contributed by atoms with Crippen LogP contribution < -0.4 is 0 Å². The number of halogens is 2. The summed E-state index contributed by atoms with van der Waals surface area (Å²) in [6.07, 6.45) is 0. The number of amides is 2. The molecule has 1 aliphatic rings. The van der Waals surface area contributed by atoms with Gasteiger partial charge in [0.15, 0.2) is 0 Å². The van der Waals surface area contributed by atoms with E-state index in [1.807, 2.05) is 6.07 Å². The summed E-state index contributed by atoms with van der Waals surface area (Å²) >= 11 is 6.15. The Hall–Kier alpha value is -3.19. The summed E-state index contributed by atoms with van der Waals surface area (Å²) in [5.41, 5.74) is 2.29. The Morgan fingerprint density at radius 3 is 2.27 bits per heavy atom. The molecule has 0 spiro atoms. The maximum Gasteiger partial charge on any atom is 0.272 e. The van der Waals surface area contributed by atoms with Crippen molar-refractivity contribution >= 4 is 23.4 Å². The lowest BCUT2D eigenvalue weighted by Gasteiger charge is -2.34. The van der Waals surface area contributed by atoms with Gasteiger partial charge in [0.05, 0.1) is 11.4 Å². The Bertz CT molecular complexity index is 1090. The van der Waals surface area contributed by atoms with Gasteiger partial charge in [-0.2, -0.15) is 5.10 Å². The van der Waals surface area contributed by atoms with Gasteiger partial charge in [-0.3, -0.25) is 9.59 Å². The third-order valence-corrected chi connectivity index (χ3v) is 5.37. The van der Waals surface area contributed by atoms with Crippen LogP contribution in [-0.2, 0) is 4.79 Å². The van der Waals surface area contributed by atoms with Gasteiger partial charge in [0.25, 0.3) is 5.91 Å². The van der Waals surface area contributed by atoms with Gasteiger partial charge in [0, 0.05) is 43.7 Å². The lowest BCUT2D eigenvalue weighted by Crippen LogP contribution is -2.50. The third-order valence-electron chi connectivity index (χ3n) is 5.13. The van der Waals surface area contributed by atoms with E-state index in [2.05, 4.69) is 5.10 Å². The SMILES string of the molecule is CC(=O)N1CCN(C(=O)c2cc(-c3ccc(F)cc3)nn2-c2cccc(Cl)c2)CC1. The molecule has 0 unspecified atom stereocenters. The van der Waals surface area contributed by atoms with E-state index < -0.39 is 0 Å². The zero-order valence-electron chi connectivity index (χ0n) is 16.4. The molecule has 1 saturated heterocycles. The highest BCUT2D eigenvalue weighted by Crippen LogP contribution is 2.24. The third kappa shape index (κ3) is 4.07. The molecular formula is C22H20ClFN4O2. The molecule has 2 heterocycles. The molecule has 8 heteroatoms. The van der Waals surface area contributed by atoms with E-state index in [4.69, 9.17) is 11.6 Å². The van der Waals surface area contributed by atoms with Crippen molar-refractivity contribution < 1.29 is 14.0 Å². The van der Waals surface area contributed by atoms with Crippen LogP contribution in [0.5, 0.6) is 0 Å². The fourth-order valence-corrected chi connectivity index (χ4v) is 3.67. The van der Waals surface area contributed by atoms with Crippen LogP contribution in [-0.4, -0.2) is 57.6 Å². The van der Waals surface area contributed by atoms with E-state index in [1.54, 1.807) is 50.9 Å². The maximum atomic E-state index is 13.3. The van der Waals surface area contributed by atoms with E-state index in [1.165, 1.54) is 19.1 Å². The standard InChI is InChI=1S/C22H20ClFN4O2/c1-15(29)26-9-11-27(12-10-26)22(30)21-14-20(16-5-7-18(24)8-6-16)25-28(21)19-4-2-3-17(23)13-19/h2-8,13-14H,9-12H2,1H3. The van der Waals surface area contributed by atoms with Gasteiger partial charge in [0.2, 0.25) is 5.91 Å². The molecule has 2 amide bonds. The van der Waals surface area contributed by atoms with Gasteiger partial charge in [-0.05, 0) is 48.5 Å². The van der Waals surface area contributed by atoms with Crippen molar-refractivity contribution in [2.24, 2.45) is 0 Å². The minimum absolute atomic E-state index is 0.00432. The quantitative estimate of drug-likeness (QED) is 0.642. The largest absolute Gasteiger partial charge is 0.339 e. The Kier molecular flexibility index (Phi) is 5.55. The molecule has 4 rings (SSSR count). The number of rotatable bonds is 3. The summed E-state index contributed by atoms with van der Waals surface area (Å²) < 4.78 is 14.9. The summed E-state index contributed by atoms with van der Waals surface area (Å²) in [5.74, 6) is -0.517. The smallest absolute Gasteiger partial charge is 0.272 e. The summed E-state index contributed by atoms with van der Waals surface area (Å²) in [5, 5.41) is 5.13. The molecule has 0 aliphatic carbocycles. The van der Waals surface area contributed by atoms with Crippen LogP contribution in [0.3, 0.4) is 0 Å². The molecule has 0 saturated carbocycles. The number of benzene rings is 2. The van der Waals surface area contributed by atoms with Gasteiger partial charge in [-0.25, -0.2) is 9.07 Å². The predicted octanol–water partition coefficient (Wildman–Crippen LogP) is 3.64. The predicted molar refractivity (Wildman–Crippen MR) is 112 cm³/mol. The molecule has 1 fully saturated rings. The van der Waals surface area contributed by atoms with Crippen LogP contribution in [0.25, 0.3) is 16.9 Å². The van der Waals surface area contributed by atoms with Gasteiger partial charge in [-0.15, -0.1) is 0 Å². The molecule has 30 heavy (non-hydrogen) atoms. The van der Waals surface area contributed by atoms with E-state index in [0.717, 1.165) is 0 Å². The van der Waals surface area contributed by atoms with Crippen LogP contribution in [0.15, 0.2) is 54.6 Å². The highest BCUT2D eigenvalue weighted by molar-refractivity contribution is 6.30. The van der Waals surface area contributed by atoms with Crippen molar-refractivity contribution in [2.45, 2.75) is 6.92 Å². The average molecular weight is 427 g/mol. The molecule has 2 aromatic carbocycles. The molecule has 1 aliphatic heterocycles. The first kappa shape index (κ1) is 20.1. The zero-order valence-corrected chi connectivity index (χ0v) is 17.1. The number of hydrogen-bond acceptors (Lipinski definition) is 3. The highest BCUT2D eigenvalue weighted by atomic mass is 35.5. The molecule has 0 N–H and O–H groups in total. The van der Waals surface area contributed by atoms with Gasteiger partial charge < -0.3 is 9.80 Å². The number of piperazine rings is 1. The van der Waals surface area contributed by atoms with Gasteiger partial charge >= 0.3 is 0 Å². The first-order chi connectivity index (χ1) is 14.4. The second kappa shape index (κ2) is 8.28. The first-order valence-corrected chi connectivity index (χ1v) is 9.97. The van der Waals surface area contributed by atoms with Crippen LogP contribution in [0.4, 0.5) is 4.39 Å². The summed E-state index contributed by atoms with van der Waals surface area (Å²) in [6.45, 7) is 3.42. The normalized spacial score (nSPS) is 14.1. The van der Waals surface area contributed by atoms with Crippen molar-refractivity contribution in [3.8, 4) is 16.9 Å². The Morgan fingerprint density at radius 2 is 1.63 bits per heavy atom. The highest BCUT2D eigenvalue weighted by Gasteiger charge is 2.27. The monoisotopic (exact) mass is 426 g/mol. The molecule has 0 atom stereocenters. The van der Waals surface area contributed by atoms with Crippen LogP contribution in [0, 0.1) is 5.82 Å². The minimum atomic E-state index is -0.340. The topological polar surface area (TPSA) is 58.4 Å². The molecule has 6 nitrogen and oxygen atoms in total. The summed E-state index contributed by atoms with van der Waals surface area (Å²) in [7, 11) is 0. The molecule has 1 aromatic heterocycles. The summed E-state index contributed by atoms with van der Waals surface area (Å²) in [4.78, 5) is 28.3. The van der Waals surface area contributed by atoms with Crippen LogP contribution in [0.1, 0.15) is 17.4 Å². The van der Waals surface area contributed by atoms with Crippen molar-refractivity contribution in [1.29, 1.82) is 0 Å². The summed E-state index contributed by atoms with van der Waals surface area (Å²) in [6, 6.07) is 14.7. The van der Waals surface area contributed by atoms with Gasteiger partial charge in [-0.1, -0.05) is 17.7 Å². The molecular weight excluding hydrogens is 407 g/mol. The second-order valence-corrected chi connectivity index (χ2v) is 7.55. The zero-order chi connectivity index (χ0) is 21.3. The average Bonchev–Trinajstić information content (AvgIpc) is 3.19. The Balaban J connectivity index is 1.71. The molecule has 0 radical (unpaired) electrons. The molecule has 154 valence electrons. The minimum Gasteiger partial charge on any atom is -0.339 e. The molecule has 0 bridgehead atoms. The number of carbonyl (C=O) groups excluding carboxylic acids is 2. The van der Waals surface area contributed by atoms with E-state index in [-0.39, 0.29) is 17.6 Å². The van der Waals surface area contributed by atoms with Crippen molar-refractivity contribution in [3.63, 3.8) is 0 Å². The maximum absolute atomic E-state index is 13.3. The van der Waals surface area contributed by atoms with E-state index in [0.29, 0.717) is 53.8 Å². The van der Waals surface area contributed by atoms with Crippen molar-refractivity contribution in [1.82, 2.24) is 19.6 Å².